The zero-order valence-corrected chi connectivity index (χ0v) is 19.0. The Balaban J connectivity index is 1.77. The molecule has 1 spiro atoms. The average molecular weight is 474 g/mol. The minimum Gasteiger partial charge on any atom is -0.465 e. The first-order valence-electron chi connectivity index (χ1n) is 11.3. The van der Waals surface area contributed by atoms with E-state index in [0.717, 1.165) is 5.39 Å². The maximum atomic E-state index is 14.1. The van der Waals surface area contributed by atoms with Crippen molar-refractivity contribution in [3.8, 4) is 5.75 Å². The van der Waals surface area contributed by atoms with Crippen molar-refractivity contribution in [2.45, 2.75) is 5.41 Å². The van der Waals surface area contributed by atoms with Crippen molar-refractivity contribution in [3.63, 3.8) is 0 Å². The van der Waals surface area contributed by atoms with Crippen LogP contribution in [0.25, 0.3) is 32.8 Å². The fourth-order valence-corrected chi connectivity index (χ4v) is 5.53. The SMILES string of the molecule is COC(=O)C1=C(N)Oc2c(c3nc4ccccc4nc3c3ccccc23)C12C(=O)Nc1ccccc12. The molecule has 1 aromatic heterocycles. The van der Waals surface area contributed by atoms with E-state index in [1.54, 1.807) is 12.1 Å². The van der Waals surface area contributed by atoms with E-state index >= 15 is 0 Å². The maximum absolute atomic E-state index is 14.1. The summed E-state index contributed by atoms with van der Waals surface area (Å²) < 4.78 is 11.3. The van der Waals surface area contributed by atoms with Crippen molar-refractivity contribution in [2.75, 3.05) is 12.4 Å². The third-order valence-corrected chi connectivity index (χ3v) is 6.98. The lowest BCUT2D eigenvalue weighted by molar-refractivity contribution is -0.138. The van der Waals surface area contributed by atoms with Gasteiger partial charge >= 0.3 is 5.97 Å². The summed E-state index contributed by atoms with van der Waals surface area (Å²) in [6.07, 6.45) is 0. The van der Waals surface area contributed by atoms with E-state index in [9.17, 15) is 9.59 Å². The predicted octanol–water partition coefficient (Wildman–Crippen LogP) is 3.91. The number of nitrogens with zero attached hydrogens (tertiary/aromatic N) is 2. The van der Waals surface area contributed by atoms with Crippen LogP contribution in [-0.2, 0) is 19.7 Å². The van der Waals surface area contributed by atoms with E-state index in [4.69, 9.17) is 25.2 Å². The lowest BCUT2D eigenvalue weighted by atomic mass is 9.67. The highest BCUT2D eigenvalue weighted by atomic mass is 16.5. The normalized spacial score (nSPS) is 18.3. The third-order valence-electron chi connectivity index (χ3n) is 6.98. The number of fused-ring (bicyclic) bond motifs is 10. The summed E-state index contributed by atoms with van der Waals surface area (Å²) >= 11 is 0. The molecule has 0 saturated carbocycles. The number of methoxy groups -OCH3 is 1. The minimum atomic E-state index is -1.65. The molecule has 0 fully saturated rings. The molecule has 0 radical (unpaired) electrons. The molecule has 0 saturated heterocycles. The second kappa shape index (κ2) is 7.02. The van der Waals surface area contributed by atoms with Crippen LogP contribution in [0.1, 0.15) is 11.1 Å². The molecule has 3 heterocycles. The Hall–Kier alpha value is -4.98. The summed E-state index contributed by atoms with van der Waals surface area (Å²) in [6.45, 7) is 0. The Labute approximate surface area is 204 Å². The summed E-state index contributed by atoms with van der Waals surface area (Å²) in [5, 5.41) is 4.43. The van der Waals surface area contributed by atoms with Gasteiger partial charge in [0.1, 0.15) is 16.7 Å². The largest absolute Gasteiger partial charge is 0.465 e. The highest BCUT2D eigenvalue weighted by molar-refractivity contribution is 6.22. The predicted molar refractivity (Wildman–Crippen MR) is 134 cm³/mol. The standard InChI is InChI=1S/C28H18N4O4/c1-35-26(33)21-25(29)36-24-15-9-3-2-8-14(15)22-23(31-19-13-7-6-12-18(19)30-22)20(24)28(21)16-10-4-5-11-17(16)32-27(28)34/h2-13H,29H2,1H3,(H,32,34). The highest BCUT2D eigenvalue weighted by Crippen LogP contribution is 2.57. The van der Waals surface area contributed by atoms with Gasteiger partial charge in [0, 0.05) is 27.6 Å². The highest BCUT2D eigenvalue weighted by Gasteiger charge is 2.60. The van der Waals surface area contributed by atoms with Crippen LogP contribution < -0.4 is 15.8 Å². The van der Waals surface area contributed by atoms with Crippen LogP contribution in [-0.4, -0.2) is 29.0 Å². The van der Waals surface area contributed by atoms with Gasteiger partial charge in [0.05, 0.1) is 29.2 Å². The molecule has 5 aromatic rings. The smallest absolute Gasteiger partial charge is 0.340 e. The number of aromatic nitrogens is 2. The number of carbonyl (C=O) groups excluding carboxylic acids is 2. The number of esters is 1. The number of anilines is 1. The second-order valence-corrected chi connectivity index (χ2v) is 8.74. The van der Waals surface area contributed by atoms with Crippen LogP contribution in [0.15, 0.2) is 84.3 Å². The first-order valence-corrected chi connectivity index (χ1v) is 11.3. The van der Waals surface area contributed by atoms with Crippen LogP contribution in [0.3, 0.4) is 0 Å². The molecule has 0 bridgehead atoms. The molecular formula is C28H18N4O4. The maximum Gasteiger partial charge on any atom is 0.340 e. The Kier molecular flexibility index (Phi) is 3.98. The van der Waals surface area contributed by atoms with Gasteiger partial charge in [0.25, 0.3) is 0 Å². The van der Waals surface area contributed by atoms with Gasteiger partial charge in [0.2, 0.25) is 11.8 Å². The molecule has 7 rings (SSSR count). The number of rotatable bonds is 1. The molecule has 36 heavy (non-hydrogen) atoms. The molecule has 4 aromatic carbocycles. The van der Waals surface area contributed by atoms with Crippen molar-refractivity contribution in [3.05, 3.63) is 95.4 Å². The number of ether oxygens (including phenoxy) is 2. The van der Waals surface area contributed by atoms with Crippen molar-refractivity contribution in [2.24, 2.45) is 5.73 Å². The van der Waals surface area contributed by atoms with E-state index in [1.165, 1.54) is 7.11 Å². The van der Waals surface area contributed by atoms with Crippen molar-refractivity contribution in [1.29, 1.82) is 0 Å². The second-order valence-electron chi connectivity index (χ2n) is 8.74. The van der Waals surface area contributed by atoms with Gasteiger partial charge in [-0.05, 0) is 18.2 Å². The van der Waals surface area contributed by atoms with E-state index in [0.29, 0.717) is 50.0 Å². The number of amides is 1. The van der Waals surface area contributed by atoms with Gasteiger partial charge in [-0.1, -0.05) is 54.6 Å². The summed E-state index contributed by atoms with van der Waals surface area (Å²) in [6, 6.07) is 22.3. The summed E-state index contributed by atoms with van der Waals surface area (Å²) in [7, 11) is 1.25. The average Bonchev–Trinajstić information content (AvgIpc) is 3.19. The molecule has 2 aliphatic rings. The van der Waals surface area contributed by atoms with Gasteiger partial charge in [-0.3, -0.25) is 4.79 Å². The zero-order valence-electron chi connectivity index (χ0n) is 19.0. The van der Waals surface area contributed by atoms with Crippen LogP contribution in [0.2, 0.25) is 0 Å². The Morgan fingerprint density at radius 3 is 2.31 bits per heavy atom. The zero-order chi connectivity index (χ0) is 24.6. The van der Waals surface area contributed by atoms with Crippen LogP contribution >= 0.6 is 0 Å². The molecule has 0 aliphatic carbocycles. The minimum absolute atomic E-state index is 0.0912. The summed E-state index contributed by atoms with van der Waals surface area (Å²) in [5.41, 5.74) is 8.60. The number of nitrogens with two attached hydrogens (primary N) is 1. The molecular weight excluding hydrogens is 456 g/mol. The van der Waals surface area contributed by atoms with Gasteiger partial charge in [-0.2, -0.15) is 0 Å². The van der Waals surface area contributed by atoms with Gasteiger partial charge < -0.3 is 20.5 Å². The Morgan fingerprint density at radius 2 is 1.56 bits per heavy atom. The molecule has 8 nitrogen and oxygen atoms in total. The quantitative estimate of drug-likeness (QED) is 0.215. The first kappa shape index (κ1) is 20.4. The molecule has 2 aliphatic heterocycles. The van der Waals surface area contributed by atoms with E-state index in [2.05, 4.69) is 5.32 Å². The molecule has 174 valence electrons. The van der Waals surface area contributed by atoms with Gasteiger partial charge in [-0.15, -0.1) is 0 Å². The fourth-order valence-electron chi connectivity index (χ4n) is 5.53. The number of carbonyl (C=O) groups is 2. The fraction of sp³-hybridized carbons (Fsp3) is 0.0714. The monoisotopic (exact) mass is 474 g/mol. The van der Waals surface area contributed by atoms with Crippen molar-refractivity contribution in [1.82, 2.24) is 9.97 Å². The molecule has 3 N–H and O–H groups in total. The first-order chi connectivity index (χ1) is 17.6. The van der Waals surface area contributed by atoms with E-state index < -0.39 is 17.3 Å². The Bertz CT molecular complexity index is 1840. The topological polar surface area (TPSA) is 116 Å². The van der Waals surface area contributed by atoms with E-state index in [-0.39, 0.29) is 11.5 Å². The number of para-hydroxylation sites is 3. The number of nitrogens with one attached hydrogen (secondary N) is 1. The molecule has 1 atom stereocenters. The molecule has 1 unspecified atom stereocenters. The third kappa shape index (κ3) is 2.37. The molecule has 8 heteroatoms. The van der Waals surface area contributed by atoms with E-state index in [1.807, 2.05) is 60.7 Å². The van der Waals surface area contributed by atoms with Crippen LogP contribution in [0.5, 0.6) is 5.75 Å². The van der Waals surface area contributed by atoms with Gasteiger partial charge in [-0.25, -0.2) is 14.8 Å². The van der Waals surface area contributed by atoms with Gasteiger partial charge in [0.15, 0.2) is 0 Å². The van der Waals surface area contributed by atoms with Crippen LogP contribution in [0.4, 0.5) is 5.69 Å². The Morgan fingerprint density at radius 1 is 0.917 bits per heavy atom. The number of hydrogen-bond acceptors (Lipinski definition) is 7. The number of hydrogen-bond donors (Lipinski definition) is 2. The molecule has 1 amide bonds. The lowest BCUT2D eigenvalue weighted by Gasteiger charge is -2.36. The number of benzene rings is 4. The summed E-state index contributed by atoms with van der Waals surface area (Å²) in [5.74, 6) is -1.04. The van der Waals surface area contributed by atoms with Crippen molar-refractivity contribution >= 4 is 50.4 Å². The summed E-state index contributed by atoms with van der Waals surface area (Å²) in [4.78, 5) is 37.3. The van der Waals surface area contributed by atoms with Crippen molar-refractivity contribution < 1.29 is 19.1 Å². The van der Waals surface area contributed by atoms with Crippen LogP contribution in [0, 0.1) is 0 Å². The lowest BCUT2D eigenvalue weighted by Crippen LogP contribution is -2.46.